The number of benzene rings is 2. The van der Waals surface area contributed by atoms with Crippen LogP contribution in [0.5, 0.6) is 5.75 Å². The van der Waals surface area contributed by atoms with Gasteiger partial charge in [0.25, 0.3) is 5.56 Å². The Hall–Kier alpha value is -2.96. The number of aromatic nitrogens is 2. The molecule has 6 heteroatoms. The first-order chi connectivity index (χ1) is 15.6. The predicted molar refractivity (Wildman–Crippen MR) is 131 cm³/mol. The summed E-state index contributed by atoms with van der Waals surface area (Å²) in [5.41, 5.74) is 3.72. The third kappa shape index (κ3) is 4.20. The first-order valence-corrected chi connectivity index (χ1v) is 12.0. The van der Waals surface area contributed by atoms with E-state index in [-0.39, 0.29) is 11.3 Å². The number of thiophene rings is 1. The summed E-state index contributed by atoms with van der Waals surface area (Å²) in [4.78, 5) is 21.9. The molecule has 4 aromatic rings. The van der Waals surface area contributed by atoms with Gasteiger partial charge >= 0.3 is 0 Å². The fourth-order valence-corrected chi connectivity index (χ4v) is 5.38. The molecule has 1 aliphatic heterocycles. The minimum Gasteiger partial charge on any atom is -0.508 e. The summed E-state index contributed by atoms with van der Waals surface area (Å²) >= 11 is 1.53. The highest BCUT2D eigenvalue weighted by atomic mass is 32.1. The van der Waals surface area contributed by atoms with Gasteiger partial charge in [0.15, 0.2) is 0 Å². The molecule has 1 saturated heterocycles. The fraction of sp³-hybridized carbons (Fsp3) is 0.308. The standard InChI is InChI=1S/C26H27N3O2S/c1-18-16-23-24(32-18)26(31)29(15-14-28-12-3-2-4-13-28)25(27-23)20-10-8-19(9-11-20)21-6-5-7-22(30)17-21/h5-11,16-17,30H,2-4,12-15H2,1H3. The number of aromatic hydroxyl groups is 1. The molecule has 3 heterocycles. The second-order valence-corrected chi connectivity index (χ2v) is 9.75. The number of piperidine rings is 1. The van der Waals surface area contributed by atoms with Crippen molar-refractivity contribution >= 4 is 21.6 Å². The SMILES string of the molecule is Cc1cc2nc(-c3ccc(-c4cccc(O)c4)cc3)n(CCN3CCCCC3)c(=O)c2s1. The van der Waals surface area contributed by atoms with Gasteiger partial charge in [0, 0.05) is 23.5 Å². The van der Waals surface area contributed by atoms with Crippen molar-refractivity contribution in [1.82, 2.24) is 14.5 Å². The summed E-state index contributed by atoms with van der Waals surface area (Å²) in [6, 6.07) is 17.3. The number of likely N-dealkylation sites (tertiary alicyclic amines) is 1. The van der Waals surface area contributed by atoms with Crippen LogP contribution in [0.25, 0.3) is 32.7 Å². The zero-order chi connectivity index (χ0) is 22.1. The summed E-state index contributed by atoms with van der Waals surface area (Å²) in [5.74, 6) is 0.970. The zero-order valence-electron chi connectivity index (χ0n) is 18.3. The number of aryl methyl sites for hydroxylation is 1. The van der Waals surface area contributed by atoms with E-state index in [4.69, 9.17) is 4.98 Å². The molecule has 0 amide bonds. The molecule has 2 aromatic carbocycles. The van der Waals surface area contributed by atoms with Gasteiger partial charge in [-0.05, 0) is 62.2 Å². The average Bonchev–Trinajstić information content (AvgIpc) is 3.20. The first-order valence-electron chi connectivity index (χ1n) is 11.2. The second-order valence-electron chi connectivity index (χ2n) is 8.49. The van der Waals surface area contributed by atoms with Gasteiger partial charge < -0.3 is 10.0 Å². The number of nitrogens with zero attached hydrogens (tertiary/aromatic N) is 3. The highest BCUT2D eigenvalue weighted by Crippen LogP contribution is 2.28. The molecule has 2 aromatic heterocycles. The van der Waals surface area contributed by atoms with Gasteiger partial charge in [-0.2, -0.15) is 0 Å². The number of rotatable bonds is 5. The maximum atomic E-state index is 13.4. The lowest BCUT2D eigenvalue weighted by molar-refractivity contribution is 0.220. The van der Waals surface area contributed by atoms with E-state index in [0.717, 1.165) is 57.2 Å². The summed E-state index contributed by atoms with van der Waals surface area (Å²) in [6.45, 7) is 5.74. The molecule has 0 spiro atoms. The molecule has 164 valence electrons. The van der Waals surface area contributed by atoms with Crippen molar-refractivity contribution in [1.29, 1.82) is 0 Å². The van der Waals surface area contributed by atoms with Crippen LogP contribution in [0.1, 0.15) is 24.1 Å². The fourth-order valence-electron chi connectivity index (χ4n) is 4.48. The third-order valence-electron chi connectivity index (χ3n) is 6.17. The molecule has 5 rings (SSSR count). The van der Waals surface area contributed by atoms with Gasteiger partial charge in [0.1, 0.15) is 16.3 Å². The van der Waals surface area contributed by atoms with Crippen LogP contribution in [0.4, 0.5) is 0 Å². The normalized spacial score (nSPS) is 14.8. The molecule has 0 aliphatic carbocycles. The molecule has 0 radical (unpaired) electrons. The molecular formula is C26H27N3O2S. The average molecular weight is 446 g/mol. The van der Waals surface area contributed by atoms with Gasteiger partial charge in [-0.3, -0.25) is 9.36 Å². The van der Waals surface area contributed by atoms with Crippen LogP contribution in [0.3, 0.4) is 0 Å². The molecule has 0 unspecified atom stereocenters. The van der Waals surface area contributed by atoms with Gasteiger partial charge in [-0.25, -0.2) is 4.98 Å². The van der Waals surface area contributed by atoms with E-state index in [0.29, 0.717) is 6.54 Å². The van der Waals surface area contributed by atoms with Crippen LogP contribution in [-0.2, 0) is 6.54 Å². The van der Waals surface area contributed by atoms with E-state index in [1.165, 1.54) is 30.6 Å². The summed E-state index contributed by atoms with van der Waals surface area (Å²) in [5, 5.41) is 9.79. The van der Waals surface area contributed by atoms with Gasteiger partial charge in [-0.15, -0.1) is 11.3 Å². The third-order valence-corrected chi connectivity index (χ3v) is 7.20. The van der Waals surface area contributed by atoms with Crippen molar-refractivity contribution in [2.45, 2.75) is 32.7 Å². The van der Waals surface area contributed by atoms with E-state index in [9.17, 15) is 9.90 Å². The molecule has 0 saturated carbocycles. The van der Waals surface area contributed by atoms with Crippen LogP contribution < -0.4 is 5.56 Å². The van der Waals surface area contributed by atoms with Crippen LogP contribution in [0.2, 0.25) is 0 Å². The van der Waals surface area contributed by atoms with Crippen molar-refractivity contribution in [3.63, 3.8) is 0 Å². The minimum absolute atomic E-state index is 0.0529. The molecule has 5 nitrogen and oxygen atoms in total. The molecule has 32 heavy (non-hydrogen) atoms. The Bertz CT molecular complexity index is 1300. The Labute approximate surface area is 191 Å². The topological polar surface area (TPSA) is 58.4 Å². The van der Waals surface area contributed by atoms with Crippen LogP contribution >= 0.6 is 11.3 Å². The number of fused-ring (bicyclic) bond motifs is 1. The summed E-state index contributed by atoms with van der Waals surface area (Å²) in [6.07, 6.45) is 3.77. The van der Waals surface area contributed by atoms with Crippen LogP contribution in [0, 0.1) is 6.92 Å². The lowest BCUT2D eigenvalue weighted by Crippen LogP contribution is -2.35. The number of phenols is 1. The number of phenolic OH excluding ortho intramolecular Hbond substituents is 1. The van der Waals surface area contributed by atoms with Gasteiger partial charge in [0.2, 0.25) is 0 Å². The highest BCUT2D eigenvalue weighted by molar-refractivity contribution is 7.18. The Morgan fingerprint density at radius 2 is 1.69 bits per heavy atom. The highest BCUT2D eigenvalue weighted by Gasteiger charge is 2.17. The van der Waals surface area contributed by atoms with E-state index in [1.807, 2.05) is 54.0 Å². The first kappa shape index (κ1) is 20.9. The predicted octanol–water partition coefficient (Wildman–Crippen LogP) is 5.29. The second kappa shape index (κ2) is 8.88. The molecule has 1 fully saturated rings. The quantitative estimate of drug-likeness (QED) is 0.453. The van der Waals surface area contributed by atoms with E-state index >= 15 is 0 Å². The van der Waals surface area contributed by atoms with Crippen molar-refractivity contribution in [2.75, 3.05) is 19.6 Å². The lowest BCUT2D eigenvalue weighted by Gasteiger charge is -2.27. The molecule has 1 aliphatic rings. The van der Waals surface area contributed by atoms with Gasteiger partial charge in [-0.1, -0.05) is 42.8 Å². The lowest BCUT2D eigenvalue weighted by atomic mass is 10.0. The molecule has 0 atom stereocenters. The summed E-state index contributed by atoms with van der Waals surface area (Å²) < 4.78 is 2.59. The van der Waals surface area contributed by atoms with E-state index in [2.05, 4.69) is 4.90 Å². The van der Waals surface area contributed by atoms with Crippen molar-refractivity contribution in [2.24, 2.45) is 0 Å². The summed E-state index contributed by atoms with van der Waals surface area (Å²) in [7, 11) is 0. The maximum Gasteiger partial charge on any atom is 0.271 e. The van der Waals surface area contributed by atoms with Crippen molar-refractivity contribution in [3.8, 4) is 28.3 Å². The Balaban J connectivity index is 1.53. The molecule has 0 bridgehead atoms. The molecular weight excluding hydrogens is 418 g/mol. The van der Waals surface area contributed by atoms with Gasteiger partial charge in [0.05, 0.1) is 5.52 Å². The maximum absolute atomic E-state index is 13.4. The van der Waals surface area contributed by atoms with Crippen molar-refractivity contribution < 1.29 is 5.11 Å². The number of hydrogen-bond acceptors (Lipinski definition) is 5. The van der Waals surface area contributed by atoms with E-state index in [1.54, 1.807) is 12.1 Å². The van der Waals surface area contributed by atoms with Crippen LogP contribution in [-0.4, -0.2) is 39.2 Å². The van der Waals surface area contributed by atoms with Crippen LogP contribution in [0.15, 0.2) is 59.4 Å². The van der Waals surface area contributed by atoms with E-state index < -0.39 is 0 Å². The molecule has 1 N–H and O–H groups in total. The number of hydrogen-bond donors (Lipinski definition) is 1. The monoisotopic (exact) mass is 445 g/mol. The minimum atomic E-state index is 0.0529. The Kier molecular flexibility index (Phi) is 5.81. The largest absolute Gasteiger partial charge is 0.508 e. The Morgan fingerprint density at radius 3 is 2.44 bits per heavy atom. The smallest absolute Gasteiger partial charge is 0.271 e. The van der Waals surface area contributed by atoms with Crippen molar-refractivity contribution in [3.05, 3.63) is 69.8 Å². The Morgan fingerprint density at radius 1 is 0.938 bits per heavy atom. The zero-order valence-corrected chi connectivity index (χ0v) is 19.1.